The Bertz CT molecular complexity index is 381. The third kappa shape index (κ3) is 3.03. The Kier molecular flexibility index (Phi) is 4.01. The minimum atomic E-state index is -0.916. The zero-order valence-corrected chi connectivity index (χ0v) is 9.46. The van der Waals surface area contributed by atoms with E-state index in [1.54, 1.807) is 6.92 Å². The van der Waals surface area contributed by atoms with Crippen molar-refractivity contribution in [3.63, 3.8) is 0 Å². The normalized spacial score (nSPS) is 12.5. The van der Waals surface area contributed by atoms with E-state index in [1.807, 2.05) is 13.0 Å². The topological polar surface area (TPSA) is 63.3 Å². The molecule has 0 aliphatic heterocycles. The Balaban J connectivity index is 2.90. The average Bonchev–Trinajstić information content (AvgIpc) is 2.12. The summed E-state index contributed by atoms with van der Waals surface area (Å²) in [5.41, 5.74) is 7.83. The maximum absolute atomic E-state index is 13.7. The van der Waals surface area contributed by atoms with E-state index >= 15 is 0 Å². The van der Waals surface area contributed by atoms with Crippen LogP contribution >= 0.6 is 0 Å². The van der Waals surface area contributed by atoms with Gasteiger partial charge in [-0.1, -0.05) is 6.07 Å². The van der Waals surface area contributed by atoms with Crippen molar-refractivity contribution < 1.29 is 14.3 Å². The number of aliphatic carboxylic acids is 1. The molecular weight excluding hydrogens is 209 g/mol. The molecule has 16 heavy (non-hydrogen) atoms. The lowest BCUT2D eigenvalue weighted by molar-refractivity contribution is -0.137. The van der Waals surface area contributed by atoms with E-state index in [9.17, 15) is 9.18 Å². The molecule has 4 heteroatoms. The number of carbonyl (C=O) groups is 1. The fourth-order valence-corrected chi connectivity index (χ4v) is 1.82. The predicted molar refractivity (Wildman–Crippen MR) is 59.7 cm³/mol. The van der Waals surface area contributed by atoms with Gasteiger partial charge in [0.2, 0.25) is 0 Å². The van der Waals surface area contributed by atoms with Crippen LogP contribution in [0.5, 0.6) is 0 Å². The maximum Gasteiger partial charge on any atom is 0.303 e. The largest absolute Gasteiger partial charge is 0.481 e. The van der Waals surface area contributed by atoms with Gasteiger partial charge in [-0.15, -0.1) is 0 Å². The summed E-state index contributed by atoms with van der Waals surface area (Å²) < 4.78 is 13.7. The molecule has 3 N–H and O–H groups in total. The molecule has 1 unspecified atom stereocenters. The quantitative estimate of drug-likeness (QED) is 0.826. The van der Waals surface area contributed by atoms with Gasteiger partial charge in [0.15, 0.2) is 0 Å². The Hall–Kier alpha value is -1.42. The van der Waals surface area contributed by atoms with Gasteiger partial charge < -0.3 is 10.8 Å². The van der Waals surface area contributed by atoms with Gasteiger partial charge >= 0.3 is 5.97 Å². The molecule has 88 valence electrons. The smallest absolute Gasteiger partial charge is 0.303 e. The number of nitrogens with two attached hydrogens (primary N) is 1. The minimum absolute atomic E-state index is 0.0477. The highest BCUT2D eigenvalue weighted by Crippen LogP contribution is 2.24. The molecule has 0 amide bonds. The third-order valence-corrected chi connectivity index (χ3v) is 2.52. The number of benzene rings is 1. The van der Waals surface area contributed by atoms with E-state index in [1.165, 1.54) is 6.07 Å². The Morgan fingerprint density at radius 2 is 2.12 bits per heavy atom. The highest BCUT2D eigenvalue weighted by Gasteiger charge is 2.15. The van der Waals surface area contributed by atoms with Gasteiger partial charge in [0.1, 0.15) is 5.82 Å². The van der Waals surface area contributed by atoms with Gasteiger partial charge in [-0.25, -0.2) is 4.39 Å². The van der Waals surface area contributed by atoms with Crippen LogP contribution in [0.25, 0.3) is 0 Å². The summed E-state index contributed by atoms with van der Waals surface area (Å²) in [6.45, 7) is 3.59. The van der Waals surface area contributed by atoms with Crippen molar-refractivity contribution in [2.24, 2.45) is 5.73 Å². The summed E-state index contributed by atoms with van der Waals surface area (Å²) in [4.78, 5) is 10.4. The van der Waals surface area contributed by atoms with Gasteiger partial charge in [0.05, 0.1) is 0 Å². The number of halogens is 1. The van der Waals surface area contributed by atoms with E-state index < -0.39 is 12.0 Å². The molecule has 0 saturated heterocycles. The van der Waals surface area contributed by atoms with Crippen LogP contribution in [-0.4, -0.2) is 11.1 Å². The van der Waals surface area contributed by atoms with Gasteiger partial charge in [-0.3, -0.25) is 4.79 Å². The zero-order chi connectivity index (χ0) is 12.3. The van der Waals surface area contributed by atoms with Gasteiger partial charge in [0.25, 0.3) is 0 Å². The molecule has 0 aliphatic carbocycles. The number of hydrogen-bond donors (Lipinski definition) is 2. The van der Waals surface area contributed by atoms with E-state index in [-0.39, 0.29) is 18.7 Å². The van der Waals surface area contributed by atoms with Crippen molar-refractivity contribution in [1.82, 2.24) is 0 Å². The first-order chi connectivity index (χ1) is 7.41. The summed E-state index contributed by atoms with van der Waals surface area (Å²) in [5, 5.41) is 8.54. The second kappa shape index (κ2) is 5.07. The first kappa shape index (κ1) is 12.6. The van der Waals surface area contributed by atoms with Crippen molar-refractivity contribution in [2.45, 2.75) is 32.7 Å². The Morgan fingerprint density at radius 3 is 2.62 bits per heavy atom. The Labute approximate surface area is 94.1 Å². The highest BCUT2D eigenvalue weighted by atomic mass is 19.1. The number of aryl methyl sites for hydroxylation is 2. The van der Waals surface area contributed by atoms with Crippen molar-refractivity contribution in [3.05, 3.63) is 34.6 Å². The molecule has 0 bridgehead atoms. The van der Waals surface area contributed by atoms with Crippen LogP contribution in [0.3, 0.4) is 0 Å². The van der Waals surface area contributed by atoms with Crippen LogP contribution < -0.4 is 5.73 Å². The lowest BCUT2D eigenvalue weighted by atomic mass is 9.96. The van der Waals surface area contributed by atoms with E-state index in [4.69, 9.17) is 10.8 Å². The molecule has 1 aromatic carbocycles. The van der Waals surface area contributed by atoms with Crippen LogP contribution in [0.4, 0.5) is 4.39 Å². The van der Waals surface area contributed by atoms with E-state index in [0.717, 1.165) is 11.1 Å². The summed E-state index contributed by atoms with van der Waals surface area (Å²) in [6, 6.07) is 2.71. The monoisotopic (exact) mass is 225 g/mol. The first-order valence-electron chi connectivity index (χ1n) is 5.16. The molecule has 1 rings (SSSR count). The summed E-state index contributed by atoms with van der Waals surface area (Å²) in [5.74, 6) is -1.27. The van der Waals surface area contributed by atoms with E-state index in [0.29, 0.717) is 5.56 Å². The second-order valence-electron chi connectivity index (χ2n) is 4.02. The molecule has 0 heterocycles. The van der Waals surface area contributed by atoms with Crippen LogP contribution in [0, 0.1) is 19.7 Å². The maximum atomic E-state index is 13.7. The van der Waals surface area contributed by atoms with Crippen molar-refractivity contribution >= 4 is 5.97 Å². The average molecular weight is 225 g/mol. The summed E-state index contributed by atoms with van der Waals surface area (Å²) in [6.07, 6.45) is 0.198. The van der Waals surface area contributed by atoms with E-state index in [2.05, 4.69) is 0 Å². The van der Waals surface area contributed by atoms with Gasteiger partial charge in [-0.2, -0.15) is 0 Å². The fourth-order valence-electron chi connectivity index (χ4n) is 1.82. The first-order valence-corrected chi connectivity index (χ1v) is 5.16. The number of hydrogen-bond acceptors (Lipinski definition) is 2. The van der Waals surface area contributed by atoms with Gasteiger partial charge in [-0.05, 0) is 37.5 Å². The highest BCUT2D eigenvalue weighted by molar-refractivity contribution is 5.66. The molecule has 0 spiro atoms. The van der Waals surface area contributed by atoms with Crippen LogP contribution in [0.2, 0.25) is 0 Å². The second-order valence-corrected chi connectivity index (χ2v) is 4.02. The Morgan fingerprint density at radius 1 is 1.50 bits per heavy atom. The van der Waals surface area contributed by atoms with Gasteiger partial charge in [0, 0.05) is 18.0 Å². The summed E-state index contributed by atoms with van der Waals surface area (Å²) >= 11 is 0. The number of rotatable bonds is 4. The lowest BCUT2D eigenvalue weighted by Crippen LogP contribution is -2.15. The van der Waals surface area contributed by atoms with Crippen LogP contribution in [-0.2, 0) is 4.79 Å². The van der Waals surface area contributed by atoms with Crippen molar-refractivity contribution in [1.29, 1.82) is 0 Å². The molecule has 0 radical (unpaired) electrons. The molecule has 0 aromatic heterocycles. The summed E-state index contributed by atoms with van der Waals surface area (Å²) in [7, 11) is 0. The zero-order valence-electron chi connectivity index (χ0n) is 9.46. The minimum Gasteiger partial charge on any atom is -0.481 e. The molecule has 3 nitrogen and oxygen atoms in total. The standard InChI is InChI=1S/C12H16FNO2/c1-7-5-8(2)12(9(13)6-7)10(14)3-4-11(15)16/h5-6,10H,3-4,14H2,1-2H3,(H,15,16). The molecule has 1 aromatic rings. The van der Waals surface area contributed by atoms with Crippen LogP contribution in [0.1, 0.15) is 35.6 Å². The molecular formula is C12H16FNO2. The number of carboxylic acid groups (broad SMARTS) is 1. The lowest BCUT2D eigenvalue weighted by Gasteiger charge is -2.15. The fraction of sp³-hybridized carbons (Fsp3) is 0.417. The predicted octanol–water partition coefficient (Wildman–Crippen LogP) is 2.31. The van der Waals surface area contributed by atoms with Crippen LogP contribution in [0.15, 0.2) is 12.1 Å². The molecule has 0 fully saturated rings. The molecule has 0 saturated carbocycles. The third-order valence-electron chi connectivity index (χ3n) is 2.52. The van der Waals surface area contributed by atoms with Crippen molar-refractivity contribution in [2.75, 3.05) is 0 Å². The SMILES string of the molecule is Cc1cc(C)c(C(N)CCC(=O)O)c(F)c1. The van der Waals surface area contributed by atoms with Crippen molar-refractivity contribution in [3.8, 4) is 0 Å². The molecule has 1 atom stereocenters. The number of carboxylic acids is 1. The molecule has 0 aliphatic rings.